The molecule has 16 nitrogen and oxygen atoms in total. The summed E-state index contributed by atoms with van der Waals surface area (Å²) < 4.78 is 67.3. The SMILES string of the molecule is C=C1C[C@@H](C(=O)O)N(CC2=C(C(=O)OCC)C(c3ccc(F)cc3Br)N=C(c3nccs3)N2)C1.CCOC(=O)C1=C(CN2CC(F)(F)C[C@H]2C(=O)O)NC(c2nccs2)=N[C@H]1c1ccc(F)cc1Br. The number of hydrogen-bond acceptors (Lipinski definition) is 16. The number of rotatable bonds is 14. The van der Waals surface area contributed by atoms with Crippen molar-refractivity contribution < 1.29 is 56.4 Å². The summed E-state index contributed by atoms with van der Waals surface area (Å²) in [6, 6.07) is 4.04. The molecule has 2 saturated heterocycles. The van der Waals surface area contributed by atoms with Crippen molar-refractivity contribution in [1.82, 2.24) is 30.4 Å². The molecular weight excluding hydrogens is 1080 g/mol. The van der Waals surface area contributed by atoms with Crippen molar-refractivity contribution in [3.8, 4) is 0 Å². The van der Waals surface area contributed by atoms with Crippen LogP contribution in [0.2, 0.25) is 0 Å². The molecular formula is C45H42Br2F4N8O8S2. The molecule has 69 heavy (non-hydrogen) atoms. The Morgan fingerprint density at radius 2 is 1.25 bits per heavy atom. The maximum absolute atomic E-state index is 14.2. The van der Waals surface area contributed by atoms with E-state index in [9.17, 15) is 47.0 Å². The number of thiazole rings is 2. The molecule has 2 aromatic carbocycles. The molecule has 0 spiro atoms. The van der Waals surface area contributed by atoms with Crippen molar-refractivity contribution >= 4 is 90.1 Å². The average molecular weight is 1120 g/mol. The fourth-order valence-corrected chi connectivity index (χ4v) is 10.4. The lowest BCUT2D eigenvalue weighted by molar-refractivity contribution is -0.143. The number of aliphatic imine (C=N–C) groups is 2. The van der Waals surface area contributed by atoms with Gasteiger partial charge in [0.2, 0.25) is 0 Å². The molecule has 0 aliphatic carbocycles. The number of amidine groups is 2. The second-order valence-electron chi connectivity index (χ2n) is 15.8. The Morgan fingerprint density at radius 1 is 0.783 bits per heavy atom. The molecule has 2 fully saturated rings. The summed E-state index contributed by atoms with van der Waals surface area (Å²) in [5.74, 6) is -7.13. The third-order valence-corrected chi connectivity index (χ3v) is 14.0. The Kier molecular flexibility index (Phi) is 16.3. The van der Waals surface area contributed by atoms with Gasteiger partial charge in [-0.1, -0.05) is 56.1 Å². The number of carbonyl (C=O) groups is 4. The highest BCUT2D eigenvalue weighted by Crippen LogP contribution is 2.40. The van der Waals surface area contributed by atoms with Crippen molar-refractivity contribution in [2.24, 2.45) is 9.98 Å². The number of ether oxygens (including phenoxy) is 2. The van der Waals surface area contributed by atoms with E-state index >= 15 is 0 Å². The number of nitrogens with zero attached hydrogens (tertiary/aromatic N) is 6. The number of hydrogen-bond donors (Lipinski definition) is 4. The zero-order valence-corrected chi connectivity index (χ0v) is 41.4. The van der Waals surface area contributed by atoms with Crippen LogP contribution in [0.25, 0.3) is 0 Å². The molecule has 6 heterocycles. The van der Waals surface area contributed by atoms with Crippen LogP contribution >= 0.6 is 54.5 Å². The highest BCUT2D eigenvalue weighted by molar-refractivity contribution is 9.10. The van der Waals surface area contributed by atoms with E-state index in [0.29, 0.717) is 54.6 Å². The molecule has 4 N–H and O–H groups in total. The minimum atomic E-state index is -3.20. The lowest BCUT2D eigenvalue weighted by Crippen LogP contribution is -2.43. The van der Waals surface area contributed by atoms with E-state index in [4.69, 9.17) is 14.5 Å². The minimum absolute atomic E-state index is 0.0128. The van der Waals surface area contributed by atoms with E-state index in [-0.39, 0.29) is 49.0 Å². The summed E-state index contributed by atoms with van der Waals surface area (Å²) in [6.07, 6.45) is 2.68. The van der Waals surface area contributed by atoms with Crippen LogP contribution in [-0.2, 0) is 28.7 Å². The molecule has 4 aliphatic heterocycles. The molecule has 0 amide bonds. The van der Waals surface area contributed by atoms with Crippen LogP contribution in [0.3, 0.4) is 0 Å². The quantitative estimate of drug-likeness (QED) is 0.0551. The second-order valence-corrected chi connectivity index (χ2v) is 19.3. The van der Waals surface area contributed by atoms with Crippen LogP contribution in [0.1, 0.15) is 59.9 Å². The Morgan fingerprint density at radius 3 is 1.65 bits per heavy atom. The second kappa shape index (κ2) is 22.0. The first-order valence-corrected chi connectivity index (χ1v) is 24.4. The maximum atomic E-state index is 14.2. The zero-order valence-electron chi connectivity index (χ0n) is 36.6. The van der Waals surface area contributed by atoms with Crippen LogP contribution in [0.5, 0.6) is 0 Å². The average Bonchev–Trinajstić information content (AvgIpc) is 4.12. The standard InChI is InChI=1S/C23H22BrFN4O4S.C22H20BrF3N4O4S/c1-3-33-23(32)18-16(11-29-10-12(2)8-17(29)22(30)31)27-20(21-26-6-7-34-21)28-19(18)14-5-4-13(25)9-15(14)24;1-2-34-21(33)16-14(9-30-10-22(25,26)8-15(30)20(31)32)28-18(19-27-5-6-35-19)29-17(16)12-4-3-11(24)7-13(12)23/h4-7,9,17,19H,2-3,8,10-11H2,1H3,(H,27,28)(H,30,31);3-7,15,17H,2,8-10H2,1H3,(H,28,29)(H,31,32)/t17-,19?;15-,17-/m00/s1. The smallest absolute Gasteiger partial charge is 0.338 e. The molecule has 4 atom stereocenters. The molecule has 4 aliphatic rings. The number of benzene rings is 2. The van der Waals surface area contributed by atoms with Gasteiger partial charge in [-0.3, -0.25) is 29.4 Å². The first-order valence-electron chi connectivity index (χ1n) is 21.1. The van der Waals surface area contributed by atoms with Crippen LogP contribution in [-0.4, -0.2) is 123 Å². The van der Waals surface area contributed by atoms with Crippen LogP contribution in [0.15, 0.2) is 113 Å². The number of likely N-dealkylation sites (tertiary alicyclic amines) is 2. The molecule has 1 unspecified atom stereocenters. The number of carboxylic acid groups (broad SMARTS) is 2. The number of aromatic nitrogens is 2. The Labute approximate surface area is 416 Å². The van der Waals surface area contributed by atoms with Crippen molar-refractivity contribution in [2.45, 2.75) is 56.8 Å². The molecule has 2 aromatic heterocycles. The molecule has 0 bridgehead atoms. The van der Waals surface area contributed by atoms with Crippen molar-refractivity contribution in [3.63, 3.8) is 0 Å². The first-order chi connectivity index (χ1) is 32.9. The van der Waals surface area contributed by atoms with Gasteiger partial charge in [-0.25, -0.2) is 37.1 Å². The van der Waals surface area contributed by atoms with Gasteiger partial charge < -0.3 is 30.3 Å². The van der Waals surface area contributed by atoms with Crippen LogP contribution in [0, 0.1) is 11.6 Å². The number of carbonyl (C=O) groups excluding carboxylic acids is 2. The van der Waals surface area contributed by atoms with Gasteiger partial charge in [0.25, 0.3) is 5.92 Å². The third kappa shape index (κ3) is 11.9. The predicted octanol–water partition coefficient (Wildman–Crippen LogP) is 7.42. The van der Waals surface area contributed by atoms with Gasteiger partial charge in [0.15, 0.2) is 21.7 Å². The summed E-state index contributed by atoms with van der Waals surface area (Å²) in [5.41, 5.74) is 2.67. The first kappa shape index (κ1) is 51.2. The topological polar surface area (TPSA) is 208 Å². The van der Waals surface area contributed by atoms with Crippen molar-refractivity contribution in [2.75, 3.05) is 39.4 Å². The lowest BCUT2D eigenvalue weighted by atomic mass is 9.95. The van der Waals surface area contributed by atoms with E-state index < -0.39 is 78.6 Å². The van der Waals surface area contributed by atoms with Gasteiger partial charge in [0.1, 0.15) is 35.8 Å². The molecule has 364 valence electrons. The van der Waals surface area contributed by atoms with E-state index in [2.05, 4.69) is 64.0 Å². The fraction of sp³-hybridized carbons (Fsp3) is 0.333. The minimum Gasteiger partial charge on any atom is -0.480 e. The van der Waals surface area contributed by atoms with E-state index in [0.717, 1.165) is 10.5 Å². The molecule has 0 saturated carbocycles. The summed E-state index contributed by atoms with van der Waals surface area (Å²) in [7, 11) is 0. The predicted molar refractivity (Wildman–Crippen MR) is 254 cm³/mol. The van der Waals surface area contributed by atoms with Crippen LogP contribution in [0.4, 0.5) is 17.6 Å². The number of carboxylic acids is 2. The van der Waals surface area contributed by atoms with Gasteiger partial charge >= 0.3 is 23.9 Å². The third-order valence-electron chi connectivity index (χ3n) is 11.0. The van der Waals surface area contributed by atoms with Crippen molar-refractivity contribution in [1.29, 1.82) is 0 Å². The van der Waals surface area contributed by atoms with E-state index in [1.54, 1.807) is 48.0 Å². The summed E-state index contributed by atoms with van der Waals surface area (Å²) in [6.45, 7) is 6.86. The number of esters is 2. The zero-order chi connectivity index (χ0) is 49.7. The van der Waals surface area contributed by atoms with Gasteiger partial charge in [-0.05, 0) is 55.7 Å². The Bertz CT molecular complexity index is 2780. The fourth-order valence-electron chi connectivity index (χ4n) is 8.11. The van der Waals surface area contributed by atoms with E-state index in [1.807, 2.05) is 0 Å². The normalized spacial score (nSPS) is 21.4. The number of aliphatic carboxylic acids is 2. The lowest BCUT2D eigenvalue weighted by Gasteiger charge is -2.30. The monoisotopic (exact) mass is 1120 g/mol. The van der Waals surface area contributed by atoms with E-state index in [1.165, 1.54) is 53.0 Å². The number of alkyl halides is 2. The Balaban J connectivity index is 0.000000204. The summed E-state index contributed by atoms with van der Waals surface area (Å²) in [4.78, 5) is 70.6. The Hall–Kier alpha value is -5.66. The summed E-state index contributed by atoms with van der Waals surface area (Å²) >= 11 is 9.34. The molecule has 24 heteroatoms. The summed E-state index contributed by atoms with van der Waals surface area (Å²) in [5, 5.41) is 30.0. The molecule has 8 rings (SSSR count). The van der Waals surface area contributed by atoms with Crippen LogP contribution < -0.4 is 10.6 Å². The molecule has 0 radical (unpaired) electrons. The molecule has 4 aromatic rings. The van der Waals surface area contributed by atoms with Gasteiger partial charge in [-0.2, -0.15) is 0 Å². The largest absolute Gasteiger partial charge is 0.480 e. The van der Waals surface area contributed by atoms with Gasteiger partial charge in [0, 0.05) is 69.5 Å². The number of nitrogens with one attached hydrogen (secondary N) is 2. The van der Waals surface area contributed by atoms with Gasteiger partial charge in [0.05, 0.1) is 30.9 Å². The highest BCUT2D eigenvalue weighted by atomic mass is 79.9. The number of halogens is 6. The maximum Gasteiger partial charge on any atom is 0.338 e. The van der Waals surface area contributed by atoms with Crippen molar-refractivity contribution in [3.05, 3.63) is 136 Å². The highest BCUT2D eigenvalue weighted by Gasteiger charge is 2.49. The van der Waals surface area contributed by atoms with Gasteiger partial charge in [-0.15, -0.1) is 22.7 Å².